The average Bonchev–Trinajstić information content (AvgIpc) is 3.34. The van der Waals surface area contributed by atoms with Gasteiger partial charge in [-0.25, -0.2) is 0 Å². The molecule has 0 saturated heterocycles. The summed E-state index contributed by atoms with van der Waals surface area (Å²) in [6, 6.07) is 28.9. The van der Waals surface area contributed by atoms with Gasteiger partial charge in [0.2, 0.25) is 0 Å². The van der Waals surface area contributed by atoms with Gasteiger partial charge in [0.05, 0.1) is 21.3 Å². The van der Waals surface area contributed by atoms with Crippen molar-refractivity contribution in [2.24, 2.45) is 0 Å². The molecule has 26 heavy (non-hydrogen) atoms. The molecule has 0 bridgehead atoms. The molecule has 0 N–H and O–H groups in total. The quantitative estimate of drug-likeness (QED) is 0.273. The van der Waals surface area contributed by atoms with Crippen LogP contribution in [0.4, 0.5) is 0 Å². The Morgan fingerprint density at radius 1 is 0.500 bits per heavy atom. The molecule has 1 nitrogen and oxygen atoms in total. The van der Waals surface area contributed by atoms with Crippen molar-refractivity contribution in [1.29, 1.82) is 0 Å². The summed E-state index contributed by atoms with van der Waals surface area (Å²) in [5.74, 6) is 0. The zero-order valence-corrected chi connectivity index (χ0v) is 14.7. The second-order valence-electron chi connectivity index (χ2n) is 6.99. The highest BCUT2D eigenvalue weighted by atomic mass is 32.1. The van der Waals surface area contributed by atoms with Gasteiger partial charge in [-0.05, 0) is 12.1 Å². The summed E-state index contributed by atoms with van der Waals surface area (Å²) in [4.78, 5) is 0. The molecule has 7 aromatic rings. The molecule has 2 heteroatoms. The van der Waals surface area contributed by atoms with E-state index in [9.17, 15) is 0 Å². The Labute approximate surface area is 153 Å². The summed E-state index contributed by atoms with van der Waals surface area (Å²) >= 11 is 1.91. The zero-order valence-electron chi connectivity index (χ0n) is 13.9. The maximum absolute atomic E-state index is 2.49. The van der Waals surface area contributed by atoms with Gasteiger partial charge in [-0.1, -0.05) is 66.7 Å². The third kappa shape index (κ3) is 1.36. The number of hydrogen-bond acceptors (Lipinski definition) is 1. The molecule has 4 aromatic carbocycles. The normalized spacial score (nSPS) is 12.6. The van der Waals surface area contributed by atoms with E-state index in [2.05, 4.69) is 83.3 Å². The number of thiophene rings is 1. The van der Waals surface area contributed by atoms with Crippen molar-refractivity contribution in [3.05, 3.63) is 78.9 Å². The van der Waals surface area contributed by atoms with Crippen LogP contribution in [0.3, 0.4) is 0 Å². The summed E-state index contributed by atoms with van der Waals surface area (Å²) in [7, 11) is 0. The van der Waals surface area contributed by atoms with Gasteiger partial charge in [0.25, 0.3) is 0 Å². The van der Waals surface area contributed by atoms with Crippen molar-refractivity contribution in [3.63, 3.8) is 0 Å². The zero-order chi connectivity index (χ0) is 16.8. The maximum atomic E-state index is 2.49. The van der Waals surface area contributed by atoms with E-state index in [1.807, 2.05) is 11.3 Å². The van der Waals surface area contributed by atoms with E-state index in [4.69, 9.17) is 0 Å². The number of nitrogens with zero attached hydrogens (tertiary/aromatic N) is 1. The monoisotopic (exact) mass is 347 g/mol. The highest BCUT2D eigenvalue weighted by Crippen LogP contribution is 2.44. The summed E-state index contributed by atoms with van der Waals surface area (Å²) in [6.45, 7) is 0. The molecule has 120 valence electrons. The summed E-state index contributed by atoms with van der Waals surface area (Å²) in [6.07, 6.45) is 0. The highest BCUT2D eigenvalue weighted by molar-refractivity contribution is 7.26. The minimum Gasteiger partial charge on any atom is -0.307 e. The van der Waals surface area contributed by atoms with Gasteiger partial charge in [-0.15, -0.1) is 11.3 Å². The lowest BCUT2D eigenvalue weighted by molar-refractivity contribution is 1.38. The molecule has 0 radical (unpaired) electrons. The Morgan fingerprint density at radius 3 is 2.08 bits per heavy atom. The van der Waals surface area contributed by atoms with Crippen LogP contribution in [0.15, 0.2) is 78.9 Å². The predicted molar refractivity (Wildman–Crippen MR) is 114 cm³/mol. The minimum absolute atomic E-state index is 1.30. The van der Waals surface area contributed by atoms with Crippen molar-refractivity contribution in [2.45, 2.75) is 0 Å². The van der Waals surface area contributed by atoms with Crippen molar-refractivity contribution >= 4 is 69.6 Å². The Bertz CT molecular complexity index is 1630. The van der Waals surface area contributed by atoms with Crippen molar-refractivity contribution < 1.29 is 0 Å². The molecule has 0 unspecified atom stereocenters. The molecular formula is C24H13NS. The standard InChI is InChI=1S/C24H13NS/c1-3-10-20-14(6-1)16-8-5-9-17-18-12-13-19-15-7-2-4-11-21(15)26-24(19)23(18)25(20)22(16)17/h1-13H. The Balaban J connectivity index is 1.91. The van der Waals surface area contributed by atoms with E-state index in [1.165, 1.54) is 58.3 Å². The molecular weight excluding hydrogens is 334 g/mol. The summed E-state index contributed by atoms with van der Waals surface area (Å²) < 4.78 is 5.25. The van der Waals surface area contributed by atoms with Crippen LogP contribution in [-0.2, 0) is 0 Å². The molecule has 0 spiro atoms. The van der Waals surface area contributed by atoms with E-state index in [-0.39, 0.29) is 0 Å². The number of aromatic nitrogens is 1. The number of benzene rings is 4. The van der Waals surface area contributed by atoms with Gasteiger partial charge in [-0.3, -0.25) is 0 Å². The smallest absolute Gasteiger partial charge is 0.0720 e. The number of para-hydroxylation sites is 2. The minimum atomic E-state index is 1.30. The van der Waals surface area contributed by atoms with Crippen LogP contribution < -0.4 is 0 Å². The first-order valence-corrected chi connectivity index (χ1v) is 9.70. The second-order valence-corrected chi connectivity index (χ2v) is 8.04. The SMILES string of the molecule is c1ccc2c(c1)sc1c2ccc2c3cccc4c5ccccc5n(c43)c21. The lowest BCUT2D eigenvalue weighted by atomic mass is 10.1. The van der Waals surface area contributed by atoms with E-state index >= 15 is 0 Å². The number of rotatable bonds is 0. The number of fused-ring (bicyclic) bond motifs is 10. The molecule has 0 amide bonds. The molecule has 0 aliphatic rings. The molecule has 3 heterocycles. The van der Waals surface area contributed by atoms with Crippen molar-refractivity contribution in [1.82, 2.24) is 4.40 Å². The molecule has 0 aliphatic heterocycles. The Hall–Kier alpha value is -3.10. The van der Waals surface area contributed by atoms with E-state index < -0.39 is 0 Å². The van der Waals surface area contributed by atoms with Crippen LogP contribution in [0.5, 0.6) is 0 Å². The first-order chi connectivity index (χ1) is 12.9. The number of hydrogen-bond donors (Lipinski definition) is 0. The predicted octanol–water partition coefficient (Wildman–Crippen LogP) is 7.20. The van der Waals surface area contributed by atoms with E-state index in [1.54, 1.807) is 0 Å². The fourth-order valence-electron chi connectivity index (χ4n) is 4.68. The van der Waals surface area contributed by atoms with Crippen molar-refractivity contribution in [3.8, 4) is 0 Å². The topological polar surface area (TPSA) is 4.41 Å². The van der Waals surface area contributed by atoms with Crippen LogP contribution >= 0.6 is 11.3 Å². The molecule has 0 aliphatic carbocycles. The van der Waals surface area contributed by atoms with E-state index in [0.29, 0.717) is 0 Å². The van der Waals surface area contributed by atoms with Gasteiger partial charge in [-0.2, -0.15) is 0 Å². The van der Waals surface area contributed by atoms with Gasteiger partial charge >= 0.3 is 0 Å². The van der Waals surface area contributed by atoms with Crippen LogP contribution in [0, 0.1) is 0 Å². The van der Waals surface area contributed by atoms with E-state index in [0.717, 1.165) is 0 Å². The average molecular weight is 347 g/mol. The molecule has 0 saturated carbocycles. The fourth-order valence-corrected chi connectivity index (χ4v) is 5.92. The first kappa shape index (κ1) is 13.2. The van der Waals surface area contributed by atoms with Gasteiger partial charge in [0.15, 0.2) is 0 Å². The fraction of sp³-hybridized carbons (Fsp3) is 0. The lowest BCUT2D eigenvalue weighted by Crippen LogP contribution is -1.80. The lowest BCUT2D eigenvalue weighted by Gasteiger charge is -1.99. The van der Waals surface area contributed by atoms with Crippen LogP contribution in [-0.4, -0.2) is 4.40 Å². The van der Waals surface area contributed by atoms with Crippen LogP contribution in [0.1, 0.15) is 0 Å². The largest absolute Gasteiger partial charge is 0.307 e. The second kappa shape index (κ2) is 4.35. The Kier molecular flexibility index (Phi) is 2.20. The molecule has 7 rings (SSSR count). The van der Waals surface area contributed by atoms with Crippen LogP contribution in [0.25, 0.3) is 58.3 Å². The Morgan fingerprint density at radius 2 is 1.15 bits per heavy atom. The molecule has 0 atom stereocenters. The van der Waals surface area contributed by atoms with Gasteiger partial charge in [0, 0.05) is 37.0 Å². The summed E-state index contributed by atoms with van der Waals surface area (Å²) in [5, 5.41) is 8.13. The van der Waals surface area contributed by atoms with Crippen molar-refractivity contribution in [2.75, 3.05) is 0 Å². The summed E-state index contributed by atoms with van der Waals surface area (Å²) in [5.41, 5.74) is 4.02. The van der Waals surface area contributed by atoms with Gasteiger partial charge in [0.1, 0.15) is 0 Å². The van der Waals surface area contributed by atoms with Crippen LogP contribution in [0.2, 0.25) is 0 Å². The highest BCUT2D eigenvalue weighted by Gasteiger charge is 2.19. The third-order valence-electron chi connectivity index (χ3n) is 5.73. The molecule has 3 aromatic heterocycles. The third-order valence-corrected chi connectivity index (χ3v) is 6.92. The first-order valence-electron chi connectivity index (χ1n) is 8.89. The molecule has 0 fully saturated rings. The maximum Gasteiger partial charge on any atom is 0.0720 e. The van der Waals surface area contributed by atoms with Gasteiger partial charge < -0.3 is 4.40 Å².